The number of rotatable bonds is 6. The highest BCUT2D eigenvalue weighted by atomic mass is 127. The third-order valence-corrected chi connectivity index (χ3v) is 5.05. The van der Waals surface area contributed by atoms with Crippen LogP contribution in [0.2, 0.25) is 0 Å². The van der Waals surface area contributed by atoms with Crippen LogP contribution >= 0.6 is 24.0 Å². The summed E-state index contributed by atoms with van der Waals surface area (Å²) in [5.41, 5.74) is 1.98. The maximum Gasteiger partial charge on any atom is 0.310 e. The van der Waals surface area contributed by atoms with Crippen LogP contribution in [0.1, 0.15) is 32.3 Å². The van der Waals surface area contributed by atoms with Gasteiger partial charge in [0.25, 0.3) is 0 Å². The Bertz CT molecular complexity index is 839. The fraction of sp³-hybridized carbons (Fsp3) is 0.524. The first-order valence-electron chi connectivity index (χ1n) is 10.1. The van der Waals surface area contributed by atoms with E-state index in [1.165, 1.54) is 6.07 Å². The average molecular weight is 516 g/mol. The Kier molecular flexibility index (Phi) is 9.19. The Hall–Kier alpha value is -1.84. The lowest BCUT2D eigenvalue weighted by Crippen LogP contribution is -2.48. The van der Waals surface area contributed by atoms with Crippen LogP contribution in [0.25, 0.3) is 10.9 Å². The Labute approximate surface area is 188 Å². The zero-order valence-electron chi connectivity index (χ0n) is 17.0. The molecule has 160 valence electrons. The summed E-state index contributed by atoms with van der Waals surface area (Å²) in [6.07, 6.45) is 4.43. The number of hydrogen-bond acceptors (Lipinski definition) is 3. The quantitative estimate of drug-likeness (QED) is 0.266. The molecule has 29 heavy (non-hydrogen) atoms. The summed E-state index contributed by atoms with van der Waals surface area (Å²) in [6.45, 7) is 7.13. The number of hydrogen-bond donors (Lipinski definition) is 2. The third kappa shape index (κ3) is 6.07. The van der Waals surface area contributed by atoms with Gasteiger partial charge in [-0.25, -0.2) is 4.39 Å². The molecule has 0 bridgehead atoms. The Morgan fingerprint density at radius 2 is 2.24 bits per heavy atom. The molecule has 1 aliphatic rings. The molecule has 2 heterocycles. The van der Waals surface area contributed by atoms with Crippen molar-refractivity contribution in [2.24, 2.45) is 10.9 Å². The molecule has 0 spiro atoms. The lowest BCUT2D eigenvalue weighted by molar-refractivity contribution is -0.149. The lowest BCUT2D eigenvalue weighted by atomic mass is 9.98. The summed E-state index contributed by atoms with van der Waals surface area (Å²) in [5.74, 6) is 0.365. The van der Waals surface area contributed by atoms with E-state index in [1.54, 1.807) is 12.1 Å². The van der Waals surface area contributed by atoms with Crippen LogP contribution in [0.4, 0.5) is 4.39 Å². The first kappa shape index (κ1) is 23.4. The van der Waals surface area contributed by atoms with Crippen molar-refractivity contribution in [2.45, 2.75) is 33.1 Å². The first-order chi connectivity index (χ1) is 13.6. The van der Waals surface area contributed by atoms with Gasteiger partial charge in [-0.15, -0.1) is 24.0 Å². The Morgan fingerprint density at radius 1 is 1.41 bits per heavy atom. The van der Waals surface area contributed by atoms with Crippen LogP contribution < -0.4 is 5.32 Å². The number of nitrogens with zero attached hydrogens (tertiary/aromatic N) is 2. The summed E-state index contributed by atoms with van der Waals surface area (Å²) in [7, 11) is 0. The number of esters is 1. The summed E-state index contributed by atoms with van der Waals surface area (Å²) in [4.78, 5) is 22.2. The van der Waals surface area contributed by atoms with Gasteiger partial charge in [0.15, 0.2) is 5.96 Å². The van der Waals surface area contributed by atoms with Gasteiger partial charge in [-0.05, 0) is 56.9 Å². The van der Waals surface area contributed by atoms with E-state index in [2.05, 4.69) is 15.2 Å². The number of aromatic amines is 1. The van der Waals surface area contributed by atoms with Gasteiger partial charge < -0.3 is 19.9 Å². The molecule has 1 atom stereocenters. The van der Waals surface area contributed by atoms with Gasteiger partial charge in [0.2, 0.25) is 0 Å². The van der Waals surface area contributed by atoms with Crippen molar-refractivity contribution in [2.75, 3.05) is 32.8 Å². The molecule has 1 unspecified atom stereocenters. The highest BCUT2D eigenvalue weighted by Crippen LogP contribution is 2.20. The summed E-state index contributed by atoms with van der Waals surface area (Å²) < 4.78 is 18.7. The second kappa shape index (κ2) is 11.4. The van der Waals surface area contributed by atoms with Gasteiger partial charge in [-0.1, -0.05) is 0 Å². The number of halogens is 2. The van der Waals surface area contributed by atoms with E-state index in [-0.39, 0.29) is 41.7 Å². The van der Waals surface area contributed by atoms with Gasteiger partial charge >= 0.3 is 5.97 Å². The number of piperidine rings is 1. The summed E-state index contributed by atoms with van der Waals surface area (Å²) in [5, 5.41) is 4.23. The number of guanidine groups is 1. The van der Waals surface area contributed by atoms with E-state index >= 15 is 0 Å². The highest BCUT2D eigenvalue weighted by Gasteiger charge is 2.28. The number of nitrogens with one attached hydrogen (secondary N) is 2. The van der Waals surface area contributed by atoms with Crippen molar-refractivity contribution in [3.63, 3.8) is 0 Å². The fourth-order valence-corrected chi connectivity index (χ4v) is 3.69. The molecule has 0 saturated carbocycles. The largest absolute Gasteiger partial charge is 0.466 e. The SMILES string of the molecule is CCNC(=NCCc1c[nH]c2ccc(F)cc12)N1CCCC(C(=O)OCC)C1.I. The Balaban J connectivity index is 0.00000300. The number of carbonyl (C=O) groups excluding carboxylic acids is 1. The first-order valence-corrected chi connectivity index (χ1v) is 10.1. The Morgan fingerprint density at radius 3 is 3.00 bits per heavy atom. The zero-order chi connectivity index (χ0) is 19.9. The number of aliphatic imine (C=N–C) groups is 1. The molecule has 3 rings (SSSR count). The van der Waals surface area contributed by atoms with Gasteiger partial charge in [-0.3, -0.25) is 9.79 Å². The lowest BCUT2D eigenvalue weighted by Gasteiger charge is -2.34. The molecule has 1 aromatic carbocycles. The minimum atomic E-state index is -0.233. The third-order valence-electron chi connectivity index (χ3n) is 5.05. The number of aromatic nitrogens is 1. The van der Waals surface area contributed by atoms with Gasteiger partial charge in [0.1, 0.15) is 5.82 Å². The molecular weight excluding hydrogens is 486 g/mol. The maximum atomic E-state index is 13.5. The second-order valence-corrected chi connectivity index (χ2v) is 7.03. The van der Waals surface area contributed by atoms with E-state index in [0.29, 0.717) is 26.1 Å². The van der Waals surface area contributed by atoms with Crippen molar-refractivity contribution in [1.82, 2.24) is 15.2 Å². The standard InChI is InChI=1S/C21H29FN4O2.HI/c1-3-23-21(26-11-5-6-16(14-26)20(27)28-4-2)24-10-9-15-13-25-19-8-7-17(22)12-18(15)19;/h7-8,12-13,16,25H,3-6,9-11,14H2,1-2H3,(H,23,24);1H. The van der Waals surface area contributed by atoms with Crippen LogP contribution in [-0.2, 0) is 16.0 Å². The topological polar surface area (TPSA) is 69.7 Å². The molecule has 2 aromatic rings. The maximum absolute atomic E-state index is 13.5. The molecule has 2 N–H and O–H groups in total. The smallest absolute Gasteiger partial charge is 0.310 e. The summed E-state index contributed by atoms with van der Waals surface area (Å²) in [6, 6.07) is 4.77. The molecule has 1 aromatic heterocycles. The molecule has 1 aliphatic heterocycles. The number of benzene rings is 1. The number of ether oxygens (including phenoxy) is 1. The molecule has 6 nitrogen and oxygen atoms in total. The van der Waals surface area contributed by atoms with E-state index in [1.807, 2.05) is 20.0 Å². The minimum absolute atomic E-state index is 0. The van der Waals surface area contributed by atoms with E-state index in [0.717, 1.165) is 48.4 Å². The second-order valence-electron chi connectivity index (χ2n) is 7.03. The van der Waals surface area contributed by atoms with Crippen molar-refractivity contribution in [3.8, 4) is 0 Å². The monoisotopic (exact) mass is 516 g/mol. The molecule has 0 aliphatic carbocycles. The number of likely N-dealkylation sites (tertiary alicyclic amines) is 1. The minimum Gasteiger partial charge on any atom is -0.466 e. The van der Waals surface area contributed by atoms with Crippen LogP contribution in [0, 0.1) is 11.7 Å². The van der Waals surface area contributed by atoms with Crippen LogP contribution in [-0.4, -0.2) is 54.6 Å². The predicted molar refractivity (Wildman–Crippen MR) is 124 cm³/mol. The van der Waals surface area contributed by atoms with E-state index in [4.69, 9.17) is 9.73 Å². The van der Waals surface area contributed by atoms with Crippen molar-refractivity contribution in [3.05, 3.63) is 35.8 Å². The van der Waals surface area contributed by atoms with Crippen molar-refractivity contribution in [1.29, 1.82) is 0 Å². The molecular formula is C21H30FIN4O2. The number of fused-ring (bicyclic) bond motifs is 1. The molecule has 1 fully saturated rings. The number of H-pyrrole nitrogens is 1. The van der Waals surface area contributed by atoms with E-state index in [9.17, 15) is 9.18 Å². The molecule has 0 radical (unpaired) electrons. The van der Waals surface area contributed by atoms with Gasteiger partial charge in [0, 0.05) is 43.3 Å². The highest BCUT2D eigenvalue weighted by molar-refractivity contribution is 14.0. The van der Waals surface area contributed by atoms with E-state index < -0.39 is 0 Å². The van der Waals surface area contributed by atoms with Crippen LogP contribution in [0.15, 0.2) is 29.4 Å². The van der Waals surface area contributed by atoms with Gasteiger partial charge in [0.05, 0.1) is 12.5 Å². The zero-order valence-corrected chi connectivity index (χ0v) is 19.4. The van der Waals surface area contributed by atoms with Crippen molar-refractivity contribution < 1.29 is 13.9 Å². The predicted octanol–water partition coefficient (Wildman–Crippen LogP) is 3.71. The molecule has 8 heteroatoms. The molecule has 0 amide bonds. The normalized spacial score (nSPS) is 17.1. The van der Waals surface area contributed by atoms with Crippen molar-refractivity contribution >= 4 is 46.8 Å². The number of carbonyl (C=O) groups is 1. The summed E-state index contributed by atoms with van der Waals surface area (Å²) >= 11 is 0. The van der Waals surface area contributed by atoms with Crippen LogP contribution in [0.5, 0.6) is 0 Å². The fourth-order valence-electron chi connectivity index (χ4n) is 3.69. The molecule has 1 saturated heterocycles. The van der Waals surface area contributed by atoms with Gasteiger partial charge in [-0.2, -0.15) is 0 Å². The van der Waals surface area contributed by atoms with Crippen LogP contribution in [0.3, 0.4) is 0 Å². The average Bonchev–Trinajstić information content (AvgIpc) is 3.10.